The molecule has 2 heterocycles. The number of anilines is 2. The molecule has 4 rings (SSSR count). The number of hydrogen-bond acceptors (Lipinski definition) is 5. The van der Waals surface area contributed by atoms with Gasteiger partial charge < -0.3 is 15.0 Å². The highest BCUT2D eigenvalue weighted by Crippen LogP contribution is 2.23. The Labute approximate surface area is 205 Å². The standard InChI is InChI=1S/C27H31N3O3S/c1-20(17-25-5-4-16-34-25)29(18-21-7-13-24(33-2)14-8-21)19-26(31)28-22-9-11-23(12-10-22)30-15-3-6-27(30)32/h4-5,7-14,16,20H,3,6,15,17-19H2,1-2H3,(H,28,31). The molecule has 0 bridgehead atoms. The average molecular weight is 478 g/mol. The van der Waals surface area contributed by atoms with Crippen LogP contribution in [0.5, 0.6) is 5.75 Å². The smallest absolute Gasteiger partial charge is 0.238 e. The van der Waals surface area contributed by atoms with Gasteiger partial charge in [-0.1, -0.05) is 18.2 Å². The zero-order valence-electron chi connectivity index (χ0n) is 19.7. The summed E-state index contributed by atoms with van der Waals surface area (Å²) in [6, 6.07) is 19.9. The number of amides is 2. The lowest BCUT2D eigenvalue weighted by molar-refractivity contribution is -0.118. The van der Waals surface area contributed by atoms with Gasteiger partial charge in [-0.25, -0.2) is 0 Å². The minimum atomic E-state index is -0.0588. The lowest BCUT2D eigenvalue weighted by Gasteiger charge is -2.28. The summed E-state index contributed by atoms with van der Waals surface area (Å²) in [4.78, 5) is 30.3. The highest BCUT2D eigenvalue weighted by Gasteiger charge is 2.22. The fourth-order valence-electron chi connectivity index (χ4n) is 4.21. The van der Waals surface area contributed by atoms with Gasteiger partial charge in [-0.2, -0.15) is 0 Å². The second kappa shape index (κ2) is 11.3. The molecule has 1 aromatic heterocycles. The number of ether oxygens (including phenoxy) is 1. The first-order chi connectivity index (χ1) is 16.5. The van der Waals surface area contributed by atoms with Gasteiger partial charge in [-0.05, 0) is 73.2 Å². The largest absolute Gasteiger partial charge is 0.497 e. The number of rotatable bonds is 10. The van der Waals surface area contributed by atoms with E-state index in [0.29, 0.717) is 13.0 Å². The van der Waals surface area contributed by atoms with Gasteiger partial charge in [0.1, 0.15) is 5.75 Å². The van der Waals surface area contributed by atoms with Crippen molar-refractivity contribution in [1.82, 2.24) is 4.90 Å². The number of hydrogen-bond donors (Lipinski definition) is 1. The minimum absolute atomic E-state index is 0.0588. The highest BCUT2D eigenvalue weighted by atomic mass is 32.1. The molecule has 0 aliphatic carbocycles. The first-order valence-corrected chi connectivity index (χ1v) is 12.5. The summed E-state index contributed by atoms with van der Waals surface area (Å²) in [7, 11) is 1.66. The van der Waals surface area contributed by atoms with Crippen LogP contribution in [0.3, 0.4) is 0 Å². The number of benzene rings is 2. The van der Waals surface area contributed by atoms with Crippen LogP contribution in [-0.4, -0.2) is 43.0 Å². The third-order valence-electron chi connectivity index (χ3n) is 6.13. The summed E-state index contributed by atoms with van der Waals surface area (Å²) < 4.78 is 5.27. The van der Waals surface area contributed by atoms with Gasteiger partial charge in [0.2, 0.25) is 11.8 Å². The Balaban J connectivity index is 1.41. The van der Waals surface area contributed by atoms with Crippen molar-refractivity contribution >= 4 is 34.5 Å². The van der Waals surface area contributed by atoms with Crippen LogP contribution >= 0.6 is 11.3 Å². The topological polar surface area (TPSA) is 61.9 Å². The minimum Gasteiger partial charge on any atom is -0.497 e. The summed E-state index contributed by atoms with van der Waals surface area (Å²) in [5.74, 6) is 0.918. The van der Waals surface area contributed by atoms with E-state index < -0.39 is 0 Å². The first-order valence-electron chi connectivity index (χ1n) is 11.6. The molecule has 3 aromatic rings. The third kappa shape index (κ3) is 6.24. The highest BCUT2D eigenvalue weighted by molar-refractivity contribution is 7.09. The molecule has 1 N–H and O–H groups in total. The van der Waals surface area contributed by atoms with Gasteiger partial charge in [0.15, 0.2) is 0 Å². The predicted octanol–water partition coefficient (Wildman–Crippen LogP) is 4.96. The number of methoxy groups -OCH3 is 1. The first kappa shape index (κ1) is 24.0. The molecule has 1 fully saturated rings. The molecule has 2 aromatic carbocycles. The van der Waals surface area contributed by atoms with Crippen LogP contribution in [0.4, 0.5) is 11.4 Å². The molecular formula is C27H31N3O3S. The van der Waals surface area contributed by atoms with Crippen molar-refractivity contribution in [3.8, 4) is 5.75 Å². The molecule has 0 saturated carbocycles. The van der Waals surface area contributed by atoms with Gasteiger partial charge in [0.25, 0.3) is 0 Å². The SMILES string of the molecule is COc1ccc(CN(CC(=O)Nc2ccc(N3CCCC3=O)cc2)C(C)Cc2cccs2)cc1. The van der Waals surface area contributed by atoms with Crippen molar-refractivity contribution in [2.45, 2.75) is 38.8 Å². The molecule has 1 aliphatic heterocycles. The Morgan fingerprint density at radius 1 is 1.15 bits per heavy atom. The fourth-order valence-corrected chi connectivity index (χ4v) is 5.04. The molecule has 7 heteroatoms. The van der Waals surface area contributed by atoms with E-state index in [1.165, 1.54) is 4.88 Å². The van der Waals surface area contributed by atoms with Gasteiger partial charge in [-0.15, -0.1) is 11.3 Å². The summed E-state index contributed by atoms with van der Waals surface area (Å²) >= 11 is 1.74. The van der Waals surface area contributed by atoms with Crippen LogP contribution in [0.25, 0.3) is 0 Å². The van der Waals surface area contributed by atoms with E-state index in [4.69, 9.17) is 4.74 Å². The quantitative estimate of drug-likeness (QED) is 0.449. The summed E-state index contributed by atoms with van der Waals surface area (Å²) in [5.41, 5.74) is 2.74. The summed E-state index contributed by atoms with van der Waals surface area (Å²) in [5, 5.41) is 5.10. The van der Waals surface area contributed by atoms with E-state index in [9.17, 15) is 9.59 Å². The second-order valence-corrected chi connectivity index (χ2v) is 9.66. The zero-order valence-corrected chi connectivity index (χ0v) is 20.5. The maximum Gasteiger partial charge on any atom is 0.238 e. The molecule has 1 atom stereocenters. The van der Waals surface area contributed by atoms with Crippen LogP contribution in [0.15, 0.2) is 66.0 Å². The van der Waals surface area contributed by atoms with Crippen molar-refractivity contribution < 1.29 is 14.3 Å². The van der Waals surface area contributed by atoms with Gasteiger partial charge in [0.05, 0.1) is 13.7 Å². The van der Waals surface area contributed by atoms with Crippen molar-refractivity contribution in [3.05, 3.63) is 76.5 Å². The Morgan fingerprint density at radius 2 is 1.91 bits per heavy atom. The molecule has 0 radical (unpaired) electrons. The van der Waals surface area contributed by atoms with Gasteiger partial charge in [0, 0.05) is 41.8 Å². The van der Waals surface area contributed by atoms with Crippen LogP contribution in [-0.2, 0) is 22.6 Å². The molecular weight excluding hydrogens is 446 g/mol. The normalized spacial score (nSPS) is 14.4. The van der Waals surface area contributed by atoms with E-state index in [1.54, 1.807) is 23.3 Å². The maximum absolute atomic E-state index is 13.0. The van der Waals surface area contributed by atoms with E-state index in [-0.39, 0.29) is 24.4 Å². The Morgan fingerprint density at radius 3 is 2.53 bits per heavy atom. The number of thiophene rings is 1. The van der Waals surface area contributed by atoms with Crippen LogP contribution in [0.2, 0.25) is 0 Å². The molecule has 0 spiro atoms. The molecule has 34 heavy (non-hydrogen) atoms. The van der Waals surface area contributed by atoms with E-state index in [0.717, 1.165) is 42.1 Å². The Bertz CT molecular complexity index is 1080. The number of nitrogens with one attached hydrogen (secondary N) is 1. The number of nitrogens with zero attached hydrogens (tertiary/aromatic N) is 2. The Kier molecular flexibility index (Phi) is 7.98. The fraction of sp³-hybridized carbons (Fsp3) is 0.333. The monoisotopic (exact) mass is 477 g/mol. The lowest BCUT2D eigenvalue weighted by Crippen LogP contribution is -2.40. The summed E-state index contributed by atoms with van der Waals surface area (Å²) in [6.45, 7) is 3.87. The second-order valence-electron chi connectivity index (χ2n) is 8.63. The van der Waals surface area contributed by atoms with Gasteiger partial charge in [-0.3, -0.25) is 14.5 Å². The third-order valence-corrected chi connectivity index (χ3v) is 7.03. The van der Waals surface area contributed by atoms with Crippen molar-refractivity contribution in [2.75, 3.05) is 30.4 Å². The predicted molar refractivity (Wildman–Crippen MR) is 138 cm³/mol. The van der Waals surface area contributed by atoms with E-state index >= 15 is 0 Å². The maximum atomic E-state index is 13.0. The molecule has 6 nitrogen and oxygen atoms in total. The van der Waals surface area contributed by atoms with Gasteiger partial charge >= 0.3 is 0 Å². The zero-order chi connectivity index (χ0) is 23.9. The van der Waals surface area contributed by atoms with Crippen LogP contribution in [0.1, 0.15) is 30.2 Å². The van der Waals surface area contributed by atoms with E-state index in [1.807, 2.05) is 48.5 Å². The average Bonchev–Trinajstić information content (AvgIpc) is 3.51. The van der Waals surface area contributed by atoms with Crippen molar-refractivity contribution in [3.63, 3.8) is 0 Å². The molecule has 1 unspecified atom stereocenters. The van der Waals surface area contributed by atoms with Crippen LogP contribution < -0.4 is 15.0 Å². The lowest BCUT2D eigenvalue weighted by atomic mass is 10.1. The number of carbonyl (C=O) groups excluding carboxylic acids is 2. The number of carbonyl (C=O) groups is 2. The molecule has 1 saturated heterocycles. The molecule has 1 aliphatic rings. The molecule has 2 amide bonds. The van der Waals surface area contributed by atoms with E-state index in [2.05, 4.69) is 34.7 Å². The Hall–Kier alpha value is -3.16. The van der Waals surface area contributed by atoms with Crippen LogP contribution in [0, 0.1) is 0 Å². The summed E-state index contributed by atoms with van der Waals surface area (Å²) in [6.07, 6.45) is 2.39. The van der Waals surface area contributed by atoms with Crippen molar-refractivity contribution in [1.29, 1.82) is 0 Å². The molecule has 178 valence electrons. The van der Waals surface area contributed by atoms with Crippen molar-refractivity contribution in [2.24, 2.45) is 0 Å².